The van der Waals surface area contributed by atoms with Gasteiger partial charge in [0.1, 0.15) is 12.7 Å². The van der Waals surface area contributed by atoms with Gasteiger partial charge in [-0.15, -0.1) is 0 Å². The van der Waals surface area contributed by atoms with Gasteiger partial charge in [0.25, 0.3) is 5.78 Å². The van der Waals surface area contributed by atoms with Gasteiger partial charge in [-0.25, -0.2) is 4.79 Å². The van der Waals surface area contributed by atoms with Gasteiger partial charge in [0.2, 0.25) is 0 Å². The summed E-state index contributed by atoms with van der Waals surface area (Å²) in [4.78, 5) is 26.1. The van der Waals surface area contributed by atoms with Gasteiger partial charge in [0.05, 0.1) is 0 Å². The van der Waals surface area contributed by atoms with Crippen molar-refractivity contribution in [2.24, 2.45) is 11.8 Å². The van der Waals surface area contributed by atoms with E-state index in [1.807, 2.05) is 27.7 Å². The topological polar surface area (TPSA) is 89.0 Å². The van der Waals surface area contributed by atoms with Crippen LogP contribution in [0.3, 0.4) is 0 Å². The number of hydrogen-bond donors (Lipinski definition) is 0. The van der Waals surface area contributed by atoms with Gasteiger partial charge in [-0.1, -0.05) is 27.7 Å². The summed E-state index contributed by atoms with van der Waals surface area (Å²) in [6, 6.07) is 0. The first kappa shape index (κ1) is 17.5. The Morgan fingerprint density at radius 2 is 1.68 bits per heavy atom. The lowest BCUT2D eigenvalue weighted by Crippen LogP contribution is -2.36. The average molecular weight is 270 g/mol. The smallest absolute Gasteiger partial charge is 0.443 e. The van der Waals surface area contributed by atoms with Crippen molar-refractivity contribution in [1.29, 1.82) is 0 Å². The molecule has 0 radical (unpaired) electrons. The van der Waals surface area contributed by atoms with E-state index in [0.29, 0.717) is 6.61 Å². The normalized spacial score (nSPS) is 10.7. The molecule has 0 aliphatic rings. The van der Waals surface area contributed by atoms with E-state index in [2.05, 4.69) is 4.79 Å². The lowest BCUT2D eigenvalue weighted by molar-refractivity contribution is -0.151. The van der Waals surface area contributed by atoms with Crippen LogP contribution in [0.5, 0.6) is 0 Å². The highest BCUT2D eigenvalue weighted by Gasteiger charge is 2.34. The van der Waals surface area contributed by atoms with Gasteiger partial charge in [0, 0.05) is 6.61 Å². The maximum absolute atomic E-state index is 11.8. The van der Waals surface area contributed by atoms with Crippen molar-refractivity contribution < 1.29 is 23.9 Å². The molecule has 0 aromatic carbocycles. The molecule has 19 heavy (non-hydrogen) atoms. The Morgan fingerprint density at radius 1 is 1.16 bits per heavy atom. The first-order valence-electron chi connectivity index (χ1n) is 6.39. The Morgan fingerprint density at radius 3 is 2.05 bits per heavy atom. The van der Waals surface area contributed by atoms with E-state index in [9.17, 15) is 9.59 Å². The van der Waals surface area contributed by atoms with E-state index in [1.165, 1.54) is 0 Å². The molecule has 6 heteroatoms. The number of carbonyl (C=O) groups is 2. The van der Waals surface area contributed by atoms with Gasteiger partial charge in [-0.05, 0) is 18.8 Å². The molecule has 0 atom stereocenters. The lowest BCUT2D eigenvalue weighted by atomic mass is 9.96. The SMILES string of the molecule is CCOCC(=O)C(=[N+]=[N-])C(=O)OC(C(C)C)C(C)C. The predicted octanol–water partition coefficient (Wildman–Crippen LogP) is 1.49. The fourth-order valence-corrected chi connectivity index (χ4v) is 1.69. The van der Waals surface area contributed by atoms with Crippen LogP contribution in [-0.4, -0.2) is 41.6 Å². The van der Waals surface area contributed by atoms with Crippen molar-refractivity contribution in [3.05, 3.63) is 5.53 Å². The summed E-state index contributed by atoms with van der Waals surface area (Å²) in [6.07, 6.45) is -0.343. The second-order valence-electron chi connectivity index (χ2n) is 4.87. The molecule has 6 nitrogen and oxygen atoms in total. The summed E-state index contributed by atoms with van der Waals surface area (Å²) in [5.41, 5.74) is 8.14. The van der Waals surface area contributed by atoms with E-state index < -0.39 is 17.5 Å². The maximum Gasteiger partial charge on any atom is 0.443 e. The number of Topliss-reactive ketones (excluding diaryl/α,β-unsaturated/α-hetero) is 1. The van der Waals surface area contributed by atoms with Crippen molar-refractivity contribution in [3.8, 4) is 0 Å². The van der Waals surface area contributed by atoms with Crippen LogP contribution in [0.15, 0.2) is 0 Å². The summed E-state index contributed by atoms with van der Waals surface area (Å²) in [5.74, 6) is -1.41. The Hall–Kier alpha value is -1.52. The minimum Gasteiger partial charge on any atom is -0.453 e. The molecule has 0 aliphatic carbocycles. The van der Waals surface area contributed by atoms with E-state index >= 15 is 0 Å². The molecular formula is C13H22N2O4. The number of nitrogens with zero attached hydrogens (tertiary/aromatic N) is 2. The van der Waals surface area contributed by atoms with Gasteiger partial charge < -0.3 is 15.0 Å². The van der Waals surface area contributed by atoms with Crippen molar-refractivity contribution in [1.82, 2.24) is 0 Å². The molecule has 0 heterocycles. The second-order valence-corrected chi connectivity index (χ2v) is 4.87. The van der Waals surface area contributed by atoms with Crippen LogP contribution in [0.2, 0.25) is 0 Å². The van der Waals surface area contributed by atoms with Gasteiger partial charge in [0.15, 0.2) is 0 Å². The Bertz CT molecular complexity index is 363. The molecule has 0 fully saturated rings. The van der Waals surface area contributed by atoms with Crippen molar-refractivity contribution in [3.63, 3.8) is 0 Å². The molecule has 0 aliphatic heterocycles. The zero-order valence-corrected chi connectivity index (χ0v) is 12.2. The van der Waals surface area contributed by atoms with Gasteiger partial charge >= 0.3 is 11.7 Å². The minimum atomic E-state index is -0.917. The van der Waals surface area contributed by atoms with Gasteiger partial charge in [-0.2, -0.15) is 4.79 Å². The van der Waals surface area contributed by atoms with Crippen LogP contribution in [0.4, 0.5) is 0 Å². The van der Waals surface area contributed by atoms with Crippen molar-refractivity contribution in [2.45, 2.75) is 40.7 Å². The van der Waals surface area contributed by atoms with Crippen LogP contribution < -0.4 is 0 Å². The quantitative estimate of drug-likeness (QED) is 0.220. The fourth-order valence-electron chi connectivity index (χ4n) is 1.69. The van der Waals surface area contributed by atoms with Crippen LogP contribution in [0.25, 0.3) is 5.53 Å². The Kier molecular flexibility index (Phi) is 7.87. The largest absolute Gasteiger partial charge is 0.453 e. The second kappa shape index (κ2) is 8.56. The highest BCUT2D eigenvalue weighted by Crippen LogP contribution is 2.16. The Balaban J connectivity index is 4.78. The molecule has 0 spiro atoms. The van der Waals surface area contributed by atoms with Gasteiger partial charge in [-0.3, -0.25) is 4.79 Å². The van der Waals surface area contributed by atoms with Crippen LogP contribution in [0, 0.1) is 11.8 Å². The number of esters is 1. The molecule has 0 bridgehead atoms. The minimum absolute atomic E-state index is 0.103. The molecule has 0 aromatic rings. The molecule has 0 saturated carbocycles. The predicted molar refractivity (Wildman–Crippen MR) is 69.7 cm³/mol. The standard InChI is InChI=1S/C13H22N2O4/c1-6-18-7-10(16)11(15-14)13(17)19-12(8(2)3)9(4)5/h8-9,12H,6-7H2,1-5H3. The summed E-state index contributed by atoms with van der Waals surface area (Å²) >= 11 is 0. The maximum atomic E-state index is 11.8. The number of rotatable bonds is 8. The third-order valence-corrected chi connectivity index (χ3v) is 2.55. The Labute approximate surface area is 113 Å². The van der Waals surface area contributed by atoms with Crippen molar-refractivity contribution >= 4 is 17.5 Å². The highest BCUT2D eigenvalue weighted by atomic mass is 16.5. The molecule has 0 saturated heterocycles. The highest BCUT2D eigenvalue weighted by molar-refractivity contribution is 6.62. The molecule has 0 aromatic heterocycles. The molecule has 108 valence electrons. The van der Waals surface area contributed by atoms with Crippen LogP contribution >= 0.6 is 0 Å². The molecular weight excluding hydrogens is 248 g/mol. The first-order valence-corrected chi connectivity index (χ1v) is 6.39. The zero-order valence-electron chi connectivity index (χ0n) is 12.2. The molecule has 0 amide bonds. The summed E-state index contributed by atoms with van der Waals surface area (Å²) in [5, 5.41) is 0. The fraction of sp³-hybridized carbons (Fsp3) is 0.769. The van der Waals surface area contributed by atoms with E-state index in [4.69, 9.17) is 15.0 Å². The lowest BCUT2D eigenvalue weighted by Gasteiger charge is -2.23. The number of ether oxygens (including phenoxy) is 2. The summed E-state index contributed by atoms with van der Waals surface area (Å²) in [7, 11) is 0. The monoisotopic (exact) mass is 270 g/mol. The number of carbonyl (C=O) groups excluding carboxylic acids is 2. The summed E-state index contributed by atoms with van der Waals surface area (Å²) in [6.45, 7) is 9.39. The van der Waals surface area contributed by atoms with E-state index in [0.717, 1.165) is 0 Å². The van der Waals surface area contributed by atoms with Crippen LogP contribution in [-0.2, 0) is 19.1 Å². The van der Waals surface area contributed by atoms with Crippen molar-refractivity contribution in [2.75, 3.05) is 13.2 Å². The van der Waals surface area contributed by atoms with E-state index in [1.54, 1.807) is 6.92 Å². The molecule has 0 unspecified atom stereocenters. The third kappa shape index (κ3) is 5.77. The summed E-state index contributed by atoms with van der Waals surface area (Å²) < 4.78 is 10.1. The third-order valence-electron chi connectivity index (χ3n) is 2.55. The average Bonchev–Trinajstić information content (AvgIpc) is 2.33. The number of ketones is 1. The van der Waals surface area contributed by atoms with E-state index in [-0.39, 0.29) is 24.5 Å². The number of hydrogen-bond acceptors (Lipinski definition) is 4. The molecule has 0 rings (SSSR count). The van der Waals surface area contributed by atoms with Crippen LogP contribution in [0.1, 0.15) is 34.6 Å². The zero-order chi connectivity index (χ0) is 15.0. The molecule has 0 N–H and O–H groups in total. The first-order chi connectivity index (χ1) is 8.84.